The van der Waals surface area contributed by atoms with Crippen molar-refractivity contribution in [2.24, 2.45) is 11.8 Å². The van der Waals surface area contributed by atoms with Crippen molar-refractivity contribution in [1.82, 2.24) is 0 Å². The van der Waals surface area contributed by atoms with Gasteiger partial charge in [-0.3, -0.25) is 4.79 Å². The monoisotopic (exact) mass is 500 g/mol. The fraction of sp³-hybridized carbons (Fsp3) is 0.750. The van der Waals surface area contributed by atoms with E-state index in [1.54, 1.807) is 13.0 Å². The van der Waals surface area contributed by atoms with Crippen molar-refractivity contribution in [3.8, 4) is 0 Å². The summed E-state index contributed by atoms with van der Waals surface area (Å²) in [6.07, 6.45) is 0.130. The Morgan fingerprint density at radius 3 is 2.46 bits per heavy atom. The molecule has 0 aromatic rings. The molecule has 0 amide bonds. The van der Waals surface area contributed by atoms with Gasteiger partial charge in [0, 0.05) is 11.5 Å². The molecule has 2 aliphatic heterocycles. The van der Waals surface area contributed by atoms with Crippen LogP contribution in [0.3, 0.4) is 0 Å². The van der Waals surface area contributed by atoms with Gasteiger partial charge >= 0.3 is 11.9 Å². The SMILES string of the molecule is C/C=C1/[C@H](O[C@H]2O[C@@H](CO)[C@H](O)[C@@H](O)[C@@H]2O)OC=C(C(=O)O)[C@H]1CC(=O)OCCC1CCCCC1. The Hall–Kier alpha value is -2.02. The zero-order valence-corrected chi connectivity index (χ0v) is 19.8. The molecule has 1 saturated heterocycles. The van der Waals surface area contributed by atoms with Gasteiger partial charge in [-0.25, -0.2) is 4.79 Å². The number of carboxylic acid groups (broad SMARTS) is 1. The highest BCUT2D eigenvalue weighted by Crippen LogP contribution is 2.36. The molecule has 198 valence electrons. The van der Waals surface area contributed by atoms with Crippen LogP contribution in [-0.2, 0) is 28.5 Å². The predicted octanol–water partition coefficient (Wildman–Crippen LogP) is 0.594. The number of carbonyl (C=O) groups is 2. The molecule has 0 radical (unpaired) electrons. The average Bonchev–Trinajstić information content (AvgIpc) is 2.85. The molecule has 35 heavy (non-hydrogen) atoms. The molecule has 0 unspecified atom stereocenters. The number of ether oxygens (including phenoxy) is 4. The predicted molar refractivity (Wildman–Crippen MR) is 119 cm³/mol. The lowest BCUT2D eigenvalue weighted by Crippen LogP contribution is -2.60. The van der Waals surface area contributed by atoms with Crippen molar-refractivity contribution in [3.05, 3.63) is 23.5 Å². The molecular formula is C24H36O11. The van der Waals surface area contributed by atoms with Crippen molar-refractivity contribution < 1.29 is 54.1 Å². The van der Waals surface area contributed by atoms with Crippen LogP contribution in [0.15, 0.2) is 23.5 Å². The molecule has 7 atom stereocenters. The van der Waals surface area contributed by atoms with Crippen molar-refractivity contribution in [3.63, 3.8) is 0 Å². The summed E-state index contributed by atoms with van der Waals surface area (Å²) in [5, 5.41) is 49.2. The zero-order chi connectivity index (χ0) is 25.5. The number of rotatable bonds is 9. The minimum Gasteiger partial charge on any atom is -0.478 e. The first-order valence-electron chi connectivity index (χ1n) is 12.1. The van der Waals surface area contributed by atoms with E-state index >= 15 is 0 Å². The third-order valence-electron chi connectivity index (χ3n) is 6.94. The van der Waals surface area contributed by atoms with Crippen molar-refractivity contribution in [1.29, 1.82) is 0 Å². The molecule has 0 aromatic heterocycles. The van der Waals surface area contributed by atoms with Gasteiger partial charge in [0.2, 0.25) is 6.29 Å². The smallest absolute Gasteiger partial charge is 0.335 e. The normalized spacial score (nSPS) is 35.3. The maximum Gasteiger partial charge on any atom is 0.335 e. The number of aliphatic hydroxyl groups is 4. The minimum atomic E-state index is -1.66. The van der Waals surface area contributed by atoms with Gasteiger partial charge in [-0.1, -0.05) is 38.2 Å². The molecule has 0 aromatic carbocycles. The van der Waals surface area contributed by atoms with E-state index in [0.717, 1.165) is 25.5 Å². The van der Waals surface area contributed by atoms with E-state index in [4.69, 9.17) is 18.9 Å². The first-order chi connectivity index (χ1) is 16.8. The summed E-state index contributed by atoms with van der Waals surface area (Å²) in [6.45, 7) is 1.26. The summed E-state index contributed by atoms with van der Waals surface area (Å²) in [4.78, 5) is 24.4. The first-order valence-corrected chi connectivity index (χ1v) is 12.1. The summed E-state index contributed by atoms with van der Waals surface area (Å²) in [6, 6.07) is 0. The number of aliphatic carboxylic acids is 1. The molecule has 0 spiro atoms. The number of aliphatic hydroxyl groups excluding tert-OH is 4. The third kappa shape index (κ3) is 6.81. The third-order valence-corrected chi connectivity index (χ3v) is 6.94. The largest absolute Gasteiger partial charge is 0.478 e. The lowest BCUT2D eigenvalue weighted by molar-refractivity contribution is -0.327. The molecule has 11 heteroatoms. The summed E-state index contributed by atoms with van der Waals surface area (Å²) in [7, 11) is 0. The maximum absolute atomic E-state index is 12.6. The second-order valence-electron chi connectivity index (χ2n) is 9.24. The van der Waals surface area contributed by atoms with Crippen molar-refractivity contribution in [2.75, 3.05) is 13.2 Å². The highest BCUT2D eigenvalue weighted by molar-refractivity contribution is 5.89. The fourth-order valence-electron chi connectivity index (χ4n) is 4.86. The van der Waals surface area contributed by atoms with Gasteiger partial charge in [-0.15, -0.1) is 0 Å². The Morgan fingerprint density at radius 1 is 1.11 bits per heavy atom. The van der Waals surface area contributed by atoms with Crippen molar-refractivity contribution >= 4 is 11.9 Å². The first kappa shape index (κ1) is 27.6. The molecule has 1 saturated carbocycles. The number of hydrogen-bond donors (Lipinski definition) is 5. The Kier molecular flexibility index (Phi) is 10.1. The lowest BCUT2D eigenvalue weighted by atomic mass is 9.86. The van der Waals surface area contributed by atoms with Crippen LogP contribution in [0.2, 0.25) is 0 Å². The fourth-order valence-corrected chi connectivity index (χ4v) is 4.86. The lowest BCUT2D eigenvalue weighted by Gasteiger charge is -2.41. The van der Waals surface area contributed by atoms with E-state index in [9.17, 15) is 35.1 Å². The molecule has 0 bridgehead atoms. The van der Waals surface area contributed by atoms with Gasteiger partial charge in [0.25, 0.3) is 0 Å². The standard InChI is InChI=1S/C24H36O11/c1-2-14-15(10-18(26)32-9-8-13-6-4-3-5-7-13)16(22(30)31)12-33-23(14)35-24-21(29)20(28)19(27)17(11-25)34-24/h2,12-13,15,17,19-21,23-25,27-29H,3-11H2,1H3,(H,30,31)/b14-2+/t15-,17-,19-,20+,21-,23-,24+/m0/s1. The molecule has 11 nitrogen and oxygen atoms in total. The van der Waals surface area contributed by atoms with Gasteiger partial charge < -0.3 is 44.5 Å². The molecule has 3 aliphatic rings. The molecular weight excluding hydrogens is 464 g/mol. The highest BCUT2D eigenvalue weighted by atomic mass is 16.8. The molecule has 1 aliphatic carbocycles. The van der Waals surface area contributed by atoms with Crippen LogP contribution < -0.4 is 0 Å². The van der Waals surface area contributed by atoms with Gasteiger partial charge in [0.15, 0.2) is 6.29 Å². The van der Waals surface area contributed by atoms with Gasteiger partial charge in [-0.2, -0.15) is 0 Å². The Labute approximate surface area is 203 Å². The van der Waals surface area contributed by atoms with Gasteiger partial charge in [0.05, 0.1) is 31.5 Å². The van der Waals surface area contributed by atoms with E-state index in [1.807, 2.05) is 0 Å². The summed E-state index contributed by atoms with van der Waals surface area (Å²) >= 11 is 0. The molecule has 3 rings (SSSR count). The zero-order valence-electron chi connectivity index (χ0n) is 19.8. The van der Waals surface area contributed by atoms with E-state index in [2.05, 4.69) is 0 Å². The van der Waals surface area contributed by atoms with Crippen LogP contribution in [0.1, 0.15) is 51.9 Å². The van der Waals surface area contributed by atoms with Crippen molar-refractivity contribution in [2.45, 2.75) is 88.9 Å². The van der Waals surface area contributed by atoms with Crippen LogP contribution in [0, 0.1) is 11.8 Å². The Balaban J connectivity index is 1.66. The van der Waals surface area contributed by atoms with E-state index < -0.39 is 61.5 Å². The summed E-state index contributed by atoms with van der Waals surface area (Å²) in [5.74, 6) is -2.19. The van der Waals surface area contributed by atoms with Crippen LogP contribution in [0.25, 0.3) is 0 Å². The van der Waals surface area contributed by atoms with Crippen LogP contribution in [0.4, 0.5) is 0 Å². The number of esters is 1. The van der Waals surface area contributed by atoms with Gasteiger partial charge in [-0.05, 0) is 19.3 Å². The average molecular weight is 501 g/mol. The second-order valence-corrected chi connectivity index (χ2v) is 9.24. The Morgan fingerprint density at radius 2 is 1.83 bits per heavy atom. The van der Waals surface area contributed by atoms with E-state index in [-0.39, 0.29) is 18.6 Å². The maximum atomic E-state index is 12.6. The molecule has 2 heterocycles. The topological polar surface area (TPSA) is 172 Å². The molecule has 2 fully saturated rings. The van der Waals surface area contributed by atoms with E-state index in [0.29, 0.717) is 11.5 Å². The minimum absolute atomic E-state index is 0.156. The van der Waals surface area contributed by atoms with E-state index in [1.165, 1.54) is 19.3 Å². The van der Waals surface area contributed by atoms with Gasteiger partial charge in [0.1, 0.15) is 24.4 Å². The summed E-state index contributed by atoms with van der Waals surface area (Å²) in [5.41, 5.74) is 0.141. The number of hydrogen-bond acceptors (Lipinski definition) is 10. The Bertz CT molecular complexity index is 786. The summed E-state index contributed by atoms with van der Waals surface area (Å²) < 4.78 is 21.9. The second kappa shape index (κ2) is 12.8. The highest BCUT2D eigenvalue weighted by Gasteiger charge is 2.46. The number of allylic oxidation sites excluding steroid dienone is 1. The quantitative estimate of drug-likeness (QED) is 0.222. The van der Waals surface area contributed by atoms with Crippen LogP contribution >= 0.6 is 0 Å². The molecule has 5 N–H and O–H groups in total. The van der Waals surface area contributed by atoms with Crippen LogP contribution in [0.5, 0.6) is 0 Å². The van der Waals surface area contributed by atoms with Crippen LogP contribution in [-0.4, -0.2) is 87.7 Å². The number of carbonyl (C=O) groups excluding carboxylic acids is 1. The number of carboxylic acids is 1.